The molecule has 1 N–H and O–H groups in total. The van der Waals surface area contributed by atoms with Crippen molar-refractivity contribution in [1.29, 1.82) is 0 Å². The van der Waals surface area contributed by atoms with Crippen LogP contribution in [0.25, 0.3) is 0 Å². The van der Waals surface area contributed by atoms with Crippen LogP contribution in [0, 0.1) is 28.6 Å². The van der Waals surface area contributed by atoms with E-state index < -0.39 is 0 Å². The van der Waals surface area contributed by atoms with E-state index >= 15 is 0 Å². The van der Waals surface area contributed by atoms with Crippen molar-refractivity contribution in [3.63, 3.8) is 0 Å². The second kappa shape index (κ2) is 4.57. The first-order valence-electron chi connectivity index (χ1n) is 7.54. The van der Waals surface area contributed by atoms with Crippen LogP contribution in [0.3, 0.4) is 0 Å². The molecule has 1 nitrogen and oxygen atoms in total. The molecule has 17 heavy (non-hydrogen) atoms. The van der Waals surface area contributed by atoms with E-state index in [1.807, 2.05) is 0 Å². The molecule has 2 saturated carbocycles. The highest BCUT2D eigenvalue weighted by molar-refractivity contribution is 5.08. The molecular formula is C16H31N. The summed E-state index contributed by atoms with van der Waals surface area (Å²) in [5, 5.41) is 3.66. The zero-order valence-electron chi connectivity index (χ0n) is 12.5. The average molecular weight is 237 g/mol. The molecule has 0 bridgehead atoms. The van der Waals surface area contributed by atoms with Gasteiger partial charge in [-0.1, -0.05) is 34.6 Å². The Morgan fingerprint density at radius 2 is 1.88 bits per heavy atom. The van der Waals surface area contributed by atoms with Gasteiger partial charge in [-0.05, 0) is 67.4 Å². The Morgan fingerprint density at radius 1 is 1.18 bits per heavy atom. The van der Waals surface area contributed by atoms with Gasteiger partial charge in [-0.2, -0.15) is 0 Å². The third-order valence-electron chi connectivity index (χ3n) is 4.79. The molecule has 1 heteroatoms. The maximum absolute atomic E-state index is 3.66. The molecular weight excluding hydrogens is 206 g/mol. The summed E-state index contributed by atoms with van der Waals surface area (Å²) < 4.78 is 0. The van der Waals surface area contributed by atoms with Crippen LogP contribution in [-0.4, -0.2) is 13.1 Å². The van der Waals surface area contributed by atoms with Crippen LogP contribution in [0.15, 0.2) is 0 Å². The van der Waals surface area contributed by atoms with E-state index in [2.05, 4.69) is 39.9 Å². The van der Waals surface area contributed by atoms with Crippen LogP contribution in [-0.2, 0) is 0 Å². The van der Waals surface area contributed by atoms with Gasteiger partial charge in [-0.3, -0.25) is 0 Å². The van der Waals surface area contributed by atoms with Gasteiger partial charge in [0.05, 0.1) is 0 Å². The number of hydrogen-bond acceptors (Lipinski definition) is 1. The first-order chi connectivity index (χ1) is 7.83. The number of rotatable bonds is 4. The first-order valence-corrected chi connectivity index (χ1v) is 7.54. The van der Waals surface area contributed by atoms with Gasteiger partial charge in [0, 0.05) is 0 Å². The molecule has 100 valence electrons. The van der Waals surface area contributed by atoms with E-state index in [1.165, 1.54) is 38.8 Å². The van der Waals surface area contributed by atoms with E-state index in [1.54, 1.807) is 0 Å². The number of nitrogens with one attached hydrogen (secondary N) is 1. The lowest BCUT2D eigenvalue weighted by Crippen LogP contribution is -2.32. The van der Waals surface area contributed by atoms with Crippen molar-refractivity contribution >= 4 is 0 Å². The van der Waals surface area contributed by atoms with E-state index in [0.717, 1.165) is 23.2 Å². The van der Waals surface area contributed by atoms with E-state index in [0.29, 0.717) is 5.41 Å². The lowest BCUT2D eigenvalue weighted by molar-refractivity contribution is 0.107. The summed E-state index contributed by atoms with van der Waals surface area (Å²) in [7, 11) is 0. The van der Waals surface area contributed by atoms with Gasteiger partial charge in [-0.25, -0.2) is 0 Å². The van der Waals surface area contributed by atoms with E-state index in [4.69, 9.17) is 0 Å². The summed E-state index contributed by atoms with van der Waals surface area (Å²) in [6.45, 7) is 14.4. The van der Waals surface area contributed by atoms with Crippen LogP contribution < -0.4 is 5.32 Å². The minimum absolute atomic E-state index is 0.588. The standard InChI is InChI=1S/C16H31N/c1-12(2)9-17-10-14-8-16(14)7-13(3)6-15(4,5)11-16/h12-14,17H,6-11H2,1-5H3. The summed E-state index contributed by atoms with van der Waals surface area (Å²) in [5.41, 5.74) is 1.32. The van der Waals surface area contributed by atoms with Gasteiger partial charge < -0.3 is 5.32 Å². The highest BCUT2D eigenvalue weighted by atomic mass is 14.9. The van der Waals surface area contributed by atoms with E-state index in [9.17, 15) is 0 Å². The average Bonchev–Trinajstić information content (AvgIpc) is 2.72. The molecule has 0 heterocycles. The molecule has 3 unspecified atom stereocenters. The predicted molar refractivity (Wildman–Crippen MR) is 75.0 cm³/mol. The second-order valence-corrected chi connectivity index (χ2v) is 8.17. The third kappa shape index (κ3) is 3.24. The minimum Gasteiger partial charge on any atom is -0.316 e. The molecule has 0 aromatic rings. The monoisotopic (exact) mass is 237 g/mol. The van der Waals surface area contributed by atoms with Gasteiger partial charge in [0.2, 0.25) is 0 Å². The molecule has 1 spiro atoms. The van der Waals surface area contributed by atoms with Crippen molar-refractivity contribution in [2.24, 2.45) is 28.6 Å². The normalized spacial score (nSPS) is 39.9. The third-order valence-corrected chi connectivity index (χ3v) is 4.79. The summed E-state index contributed by atoms with van der Waals surface area (Å²) in [6, 6.07) is 0. The van der Waals surface area contributed by atoms with Crippen molar-refractivity contribution in [3.05, 3.63) is 0 Å². The Bertz CT molecular complexity index is 269. The topological polar surface area (TPSA) is 12.0 Å². The molecule has 0 radical (unpaired) electrons. The Morgan fingerprint density at radius 3 is 2.47 bits per heavy atom. The first kappa shape index (κ1) is 13.4. The molecule has 0 aromatic heterocycles. The van der Waals surface area contributed by atoms with E-state index in [-0.39, 0.29) is 0 Å². The van der Waals surface area contributed by atoms with Crippen LogP contribution in [0.5, 0.6) is 0 Å². The van der Waals surface area contributed by atoms with Crippen LogP contribution in [0.4, 0.5) is 0 Å². The molecule has 0 amide bonds. The summed E-state index contributed by atoms with van der Waals surface area (Å²) in [5.74, 6) is 2.70. The zero-order chi connectivity index (χ0) is 12.7. The highest BCUT2D eigenvalue weighted by Gasteiger charge is 2.57. The summed E-state index contributed by atoms with van der Waals surface area (Å²) >= 11 is 0. The molecule has 2 fully saturated rings. The maximum Gasteiger partial charge on any atom is -0.00149 e. The van der Waals surface area contributed by atoms with Crippen LogP contribution >= 0.6 is 0 Å². The molecule has 0 aliphatic heterocycles. The molecule has 3 atom stereocenters. The lowest BCUT2D eigenvalue weighted by atomic mass is 9.65. The predicted octanol–water partition coefficient (Wildman–Crippen LogP) is 4.08. The van der Waals surface area contributed by atoms with Crippen molar-refractivity contribution in [2.75, 3.05) is 13.1 Å². The Hall–Kier alpha value is -0.0400. The molecule has 0 aromatic carbocycles. The minimum atomic E-state index is 0.588. The fourth-order valence-corrected chi connectivity index (χ4v) is 4.54. The van der Waals surface area contributed by atoms with Crippen LogP contribution in [0.2, 0.25) is 0 Å². The molecule has 2 aliphatic rings. The summed E-state index contributed by atoms with van der Waals surface area (Å²) in [6.07, 6.45) is 5.88. The largest absolute Gasteiger partial charge is 0.316 e. The van der Waals surface area contributed by atoms with Gasteiger partial charge in [0.1, 0.15) is 0 Å². The van der Waals surface area contributed by atoms with Crippen LogP contribution in [0.1, 0.15) is 60.3 Å². The quantitative estimate of drug-likeness (QED) is 0.776. The molecule has 2 rings (SSSR count). The van der Waals surface area contributed by atoms with Crippen molar-refractivity contribution < 1.29 is 0 Å². The maximum atomic E-state index is 3.66. The fourth-order valence-electron chi connectivity index (χ4n) is 4.54. The van der Waals surface area contributed by atoms with Gasteiger partial charge >= 0.3 is 0 Å². The summed E-state index contributed by atoms with van der Waals surface area (Å²) in [4.78, 5) is 0. The smallest absolute Gasteiger partial charge is 0.00149 e. The lowest BCUT2D eigenvalue weighted by Gasteiger charge is -2.40. The van der Waals surface area contributed by atoms with Crippen molar-refractivity contribution in [2.45, 2.75) is 60.3 Å². The Balaban J connectivity index is 1.82. The zero-order valence-corrected chi connectivity index (χ0v) is 12.5. The van der Waals surface area contributed by atoms with Crippen molar-refractivity contribution in [3.8, 4) is 0 Å². The molecule has 2 aliphatic carbocycles. The Kier molecular flexibility index (Phi) is 3.60. The highest BCUT2D eigenvalue weighted by Crippen LogP contribution is 2.65. The van der Waals surface area contributed by atoms with Crippen molar-refractivity contribution in [1.82, 2.24) is 5.32 Å². The number of hydrogen-bond donors (Lipinski definition) is 1. The molecule has 0 saturated heterocycles. The second-order valence-electron chi connectivity index (χ2n) is 8.17. The van der Waals surface area contributed by atoms with Gasteiger partial charge in [-0.15, -0.1) is 0 Å². The Labute approximate surface area is 108 Å². The van der Waals surface area contributed by atoms with Gasteiger partial charge in [0.25, 0.3) is 0 Å². The van der Waals surface area contributed by atoms with Gasteiger partial charge in [0.15, 0.2) is 0 Å². The fraction of sp³-hybridized carbons (Fsp3) is 1.00. The SMILES string of the molecule is CC(C)CNCC1CC12CC(C)CC(C)(C)C2.